The summed E-state index contributed by atoms with van der Waals surface area (Å²) in [5.74, 6) is 2.10. The number of imidazole rings is 2. The molecular formula is C40H42F12N10P2Pd. The fourth-order valence-corrected chi connectivity index (χ4v) is 6.36. The maximum Gasteiger partial charge on any atom is 2.00 e. The Morgan fingerprint density at radius 2 is 0.738 bits per heavy atom. The molecule has 4 aromatic heterocycles. The first-order valence-corrected chi connectivity index (χ1v) is 23.2. The molecule has 0 spiro atoms. The van der Waals surface area contributed by atoms with Crippen molar-refractivity contribution in [1.82, 2.24) is 48.7 Å². The molecule has 4 radical (unpaired) electrons. The molecule has 356 valence electrons. The average Bonchev–Trinajstić information content (AvgIpc) is 3.95. The number of aromatic nitrogens is 6. The third-order valence-corrected chi connectivity index (χ3v) is 8.65. The second kappa shape index (κ2) is 18.7. The molecule has 0 atom stereocenters. The van der Waals surface area contributed by atoms with Gasteiger partial charge in [-0.05, 0) is 76.2 Å². The predicted molar refractivity (Wildman–Crippen MR) is 223 cm³/mol. The Bertz CT molecular complexity index is 2420. The van der Waals surface area contributed by atoms with Crippen LogP contribution in [0.15, 0.2) is 110 Å². The van der Waals surface area contributed by atoms with Gasteiger partial charge in [0.2, 0.25) is 13.3 Å². The number of para-hydroxylation sites is 4. The zero-order valence-electron chi connectivity index (χ0n) is 34.9. The molecule has 8 rings (SSSR count). The third kappa shape index (κ3) is 19.6. The minimum absolute atomic E-state index is 0. The number of halogens is 12. The summed E-state index contributed by atoms with van der Waals surface area (Å²) < 4.78 is 123. The first kappa shape index (κ1) is 52.7. The molecule has 0 saturated carbocycles. The van der Waals surface area contributed by atoms with Crippen molar-refractivity contribution in [2.24, 2.45) is 0 Å². The number of pyridine rings is 2. The summed E-state index contributed by atoms with van der Waals surface area (Å²) in [6.45, 7) is 19.7. The van der Waals surface area contributed by atoms with E-state index in [2.05, 4.69) is 82.7 Å². The molecule has 0 bridgehead atoms. The smallest absolute Gasteiger partial charge is 2.00 e. The van der Waals surface area contributed by atoms with Crippen LogP contribution in [0.3, 0.4) is 0 Å². The van der Waals surface area contributed by atoms with Crippen molar-refractivity contribution in [3.8, 4) is 0 Å². The summed E-state index contributed by atoms with van der Waals surface area (Å²) in [6, 6.07) is 28.7. The minimum Gasteiger partial charge on any atom is 2.00 e. The van der Waals surface area contributed by atoms with E-state index >= 15 is 0 Å². The maximum atomic E-state index is 9.87. The summed E-state index contributed by atoms with van der Waals surface area (Å²) in [5.41, 5.74) is 8.61. The van der Waals surface area contributed by atoms with Gasteiger partial charge in [-0.15, -0.1) is 0 Å². The Kier molecular flexibility index (Phi) is 15.2. The number of nitrogens with zero attached hydrogens (tertiary/aromatic N) is 10. The van der Waals surface area contributed by atoms with E-state index in [0.717, 1.165) is 71.6 Å². The van der Waals surface area contributed by atoms with Crippen LogP contribution in [0.5, 0.6) is 0 Å². The Balaban J connectivity index is 0.000000219. The zero-order valence-corrected chi connectivity index (χ0v) is 38.2. The predicted octanol–water partition coefficient (Wildman–Crippen LogP) is 13.9. The molecule has 2 aliphatic heterocycles. The van der Waals surface area contributed by atoms with Crippen molar-refractivity contribution in [3.63, 3.8) is 0 Å². The number of benzene rings is 2. The van der Waals surface area contributed by atoms with Crippen LogP contribution in [0.2, 0.25) is 0 Å². The fraction of sp³-hybridized carbons (Fsp3) is 0.250. The molecule has 6 heterocycles. The molecular weight excluding hydrogens is 1020 g/mol. The van der Waals surface area contributed by atoms with E-state index in [4.69, 9.17) is 9.97 Å². The Labute approximate surface area is 380 Å². The monoisotopic (exact) mass is 1060 g/mol. The molecule has 0 fully saturated rings. The van der Waals surface area contributed by atoms with Gasteiger partial charge in [-0.25, -0.2) is 9.97 Å². The van der Waals surface area contributed by atoms with Gasteiger partial charge in [-0.3, -0.25) is 9.97 Å². The SMILES string of the molecule is CCn1c(CN2[C]N(Cc3cccc(C)n3)C=C2)nc2ccccc21.CCn1c(CN2[C]N(Cc3cccc(C)n3)C=C2)nc2ccccc21.F[P-](F)(F)(F)(F)F.F[P-](F)(F)(F)(F)F.[Pd+2]. The summed E-state index contributed by atoms with van der Waals surface area (Å²) in [5, 5.41) is 0. The van der Waals surface area contributed by atoms with E-state index in [-0.39, 0.29) is 20.4 Å². The number of hydrogen-bond acceptors (Lipinski definition) is 8. The van der Waals surface area contributed by atoms with E-state index in [0.29, 0.717) is 13.1 Å². The van der Waals surface area contributed by atoms with Crippen molar-refractivity contribution < 1.29 is 70.8 Å². The van der Waals surface area contributed by atoms with E-state index in [9.17, 15) is 50.4 Å². The van der Waals surface area contributed by atoms with Gasteiger partial charge in [0.25, 0.3) is 0 Å². The van der Waals surface area contributed by atoms with Crippen LogP contribution >= 0.6 is 15.6 Å². The van der Waals surface area contributed by atoms with Gasteiger partial charge in [-0.1, -0.05) is 36.4 Å². The van der Waals surface area contributed by atoms with Crippen LogP contribution in [0.25, 0.3) is 22.1 Å². The molecule has 0 saturated heterocycles. The summed E-state index contributed by atoms with van der Waals surface area (Å²) in [7, 11) is -21.3. The van der Waals surface area contributed by atoms with Crippen molar-refractivity contribution in [3.05, 3.63) is 157 Å². The molecule has 0 aliphatic carbocycles. The Morgan fingerprint density at radius 1 is 0.431 bits per heavy atom. The van der Waals surface area contributed by atoms with Gasteiger partial charge in [0, 0.05) is 49.3 Å². The fourth-order valence-electron chi connectivity index (χ4n) is 6.36. The minimum atomic E-state index is -10.7. The molecule has 6 aromatic rings. The number of aryl methyl sites for hydroxylation is 4. The van der Waals surface area contributed by atoms with E-state index in [1.807, 2.05) is 107 Å². The molecule has 0 N–H and O–H groups in total. The quantitative estimate of drug-likeness (QED) is 0.0763. The van der Waals surface area contributed by atoms with E-state index in [1.165, 1.54) is 11.0 Å². The second-order valence-electron chi connectivity index (χ2n) is 14.3. The Hall–Kier alpha value is -4.96. The average molecular weight is 1060 g/mol. The maximum absolute atomic E-state index is 10.7. The Morgan fingerprint density at radius 3 is 1.05 bits per heavy atom. The normalized spacial score (nSPS) is 15.8. The van der Waals surface area contributed by atoms with Gasteiger partial charge in [0.1, 0.15) is 11.6 Å². The first-order chi connectivity index (χ1) is 29.3. The molecule has 25 heteroatoms. The van der Waals surface area contributed by atoms with Crippen molar-refractivity contribution in [2.45, 2.75) is 67.0 Å². The van der Waals surface area contributed by atoms with Gasteiger partial charge in [-0.2, -0.15) is 0 Å². The molecule has 65 heavy (non-hydrogen) atoms. The van der Waals surface area contributed by atoms with Crippen LogP contribution in [-0.2, 0) is 59.7 Å². The largest absolute Gasteiger partial charge is 2.00 e. The topological polar surface area (TPSA) is 74.4 Å². The second-order valence-corrected chi connectivity index (χ2v) is 18.1. The number of hydrogen-bond donors (Lipinski definition) is 0. The van der Waals surface area contributed by atoms with Crippen LogP contribution in [-0.4, -0.2) is 48.7 Å². The van der Waals surface area contributed by atoms with Gasteiger partial charge in [0.05, 0.1) is 59.6 Å². The number of rotatable bonds is 10. The van der Waals surface area contributed by atoms with Crippen molar-refractivity contribution >= 4 is 37.7 Å². The third-order valence-electron chi connectivity index (χ3n) is 8.65. The standard InChI is InChI=1S/2C20H21N5.2F6P.Pd/c2*1-3-25-19-10-5-4-9-18(19)22-20(25)14-24-12-11-23(15-24)13-17-8-6-7-16(2)21-17;2*1-7(2,3,4,5)6;/h2*4-12H,3,13-14H2,1-2H3;;;/q;;2*-1;+2. The van der Waals surface area contributed by atoms with Crippen LogP contribution in [0.4, 0.5) is 50.4 Å². The van der Waals surface area contributed by atoms with Crippen LogP contribution in [0.1, 0.15) is 48.3 Å². The summed E-state index contributed by atoms with van der Waals surface area (Å²) >= 11 is 0. The molecule has 2 aliphatic rings. The summed E-state index contributed by atoms with van der Waals surface area (Å²) in [6.07, 6.45) is 8.14. The zero-order chi connectivity index (χ0) is 47.3. The molecule has 2 aromatic carbocycles. The van der Waals surface area contributed by atoms with Crippen LogP contribution < -0.4 is 0 Å². The molecule has 10 nitrogen and oxygen atoms in total. The van der Waals surface area contributed by atoms with Gasteiger partial charge >= 0.3 is 86.4 Å². The van der Waals surface area contributed by atoms with E-state index in [1.54, 1.807) is 0 Å². The van der Waals surface area contributed by atoms with Crippen molar-refractivity contribution in [2.75, 3.05) is 0 Å². The van der Waals surface area contributed by atoms with Crippen LogP contribution in [0, 0.1) is 27.2 Å². The molecule has 0 unspecified atom stereocenters. The van der Waals surface area contributed by atoms with E-state index < -0.39 is 15.6 Å². The first-order valence-electron chi connectivity index (χ1n) is 19.2. The summed E-state index contributed by atoms with van der Waals surface area (Å²) in [4.78, 5) is 26.8. The number of fused-ring (bicyclic) bond motifs is 2. The van der Waals surface area contributed by atoms with Crippen molar-refractivity contribution in [1.29, 1.82) is 0 Å². The van der Waals surface area contributed by atoms with Gasteiger partial charge in [0.15, 0.2) is 0 Å². The molecule has 0 amide bonds. The van der Waals surface area contributed by atoms with Gasteiger partial charge < -0.3 is 28.7 Å².